The summed E-state index contributed by atoms with van der Waals surface area (Å²) in [5, 5.41) is 0. The molecule has 0 radical (unpaired) electrons. The van der Waals surface area contributed by atoms with Gasteiger partial charge in [0.2, 0.25) is 0 Å². The first-order chi connectivity index (χ1) is 7.16. The largest absolute Gasteiger partial charge is 0.398 e. The van der Waals surface area contributed by atoms with Crippen LogP contribution in [-0.4, -0.2) is 9.97 Å². The normalized spacial score (nSPS) is 10.3. The van der Waals surface area contributed by atoms with Crippen LogP contribution in [0.5, 0.6) is 0 Å². The average molecular weight is 199 g/mol. The van der Waals surface area contributed by atoms with Crippen LogP contribution in [0.4, 0.5) is 5.69 Å². The highest BCUT2D eigenvalue weighted by Gasteiger charge is 2.04. The minimum Gasteiger partial charge on any atom is -0.398 e. The average Bonchev–Trinajstić information content (AvgIpc) is 2.22. The van der Waals surface area contributed by atoms with Crippen molar-refractivity contribution in [1.82, 2.24) is 9.97 Å². The van der Waals surface area contributed by atoms with Gasteiger partial charge in [0.1, 0.15) is 6.33 Å². The number of nitrogens with two attached hydrogens (primary N) is 1. The molecule has 0 unspecified atom stereocenters. The van der Waals surface area contributed by atoms with Gasteiger partial charge in [-0.05, 0) is 32.0 Å². The van der Waals surface area contributed by atoms with Crippen LogP contribution in [0.25, 0.3) is 11.3 Å². The quantitative estimate of drug-likeness (QED) is 0.717. The second-order valence-electron chi connectivity index (χ2n) is 3.64. The lowest BCUT2D eigenvalue weighted by molar-refractivity contribution is 1.11. The lowest BCUT2D eigenvalue weighted by atomic mass is 10.1. The molecule has 0 amide bonds. The zero-order valence-corrected chi connectivity index (χ0v) is 8.86. The highest BCUT2D eigenvalue weighted by Crippen LogP contribution is 2.24. The highest BCUT2D eigenvalue weighted by atomic mass is 14.8. The molecule has 0 aliphatic rings. The molecule has 1 aromatic heterocycles. The molecule has 76 valence electrons. The van der Waals surface area contributed by atoms with Gasteiger partial charge in [0.25, 0.3) is 0 Å². The van der Waals surface area contributed by atoms with Crippen molar-refractivity contribution in [3.05, 3.63) is 41.9 Å². The van der Waals surface area contributed by atoms with Crippen LogP contribution in [0.15, 0.2) is 30.6 Å². The third kappa shape index (κ3) is 1.96. The van der Waals surface area contributed by atoms with Crippen LogP contribution in [0.3, 0.4) is 0 Å². The molecule has 0 saturated carbocycles. The zero-order chi connectivity index (χ0) is 10.8. The molecule has 0 saturated heterocycles. The van der Waals surface area contributed by atoms with E-state index in [4.69, 9.17) is 5.73 Å². The lowest BCUT2D eigenvalue weighted by Crippen LogP contribution is -1.94. The van der Waals surface area contributed by atoms with E-state index in [1.54, 1.807) is 6.33 Å². The molecule has 0 bridgehead atoms. The Hall–Kier alpha value is -1.90. The van der Waals surface area contributed by atoms with Gasteiger partial charge in [-0.3, -0.25) is 0 Å². The first-order valence-electron chi connectivity index (χ1n) is 4.82. The molecule has 0 atom stereocenters. The Balaban J connectivity index is 2.58. The zero-order valence-electron chi connectivity index (χ0n) is 8.86. The minimum absolute atomic E-state index is 0.749. The Bertz CT molecular complexity index is 492. The molecule has 2 aromatic rings. The standard InChI is InChI=1S/C12H13N3/c1-8-3-4-11(13)10(5-8)12-6-9(2)14-7-15-12/h3-7H,13H2,1-2H3. The maximum Gasteiger partial charge on any atom is 0.116 e. The summed E-state index contributed by atoms with van der Waals surface area (Å²) in [7, 11) is 0. The van der Waals surface area contributed by atoms with Gasteiger partial charge in [0, 0.05) is 16.9 Å². The first kappa shape index (κ1) is 9.65. The van der Waals surface area contributed by atoms with Crippen molar-refractivity contribution < 1.29 is 0 Å². The Kier molecular flexibility index (Phi) is 2.37. The van der Waals surface area contributed by atoms with E-state index < -0.39 is 0 Å². The molecule has 0 aliphatic carbocycles. The molecular weight excluding hydrogens is 186 g/mol. The summed E-state index contributed by atoms with van der Waals surface area (Å²) < 4.78 is 0. The molecule has 0 fully saturated rings. The molecular formula is C12H13N3. The van der Waals surface area contributed by atoms with Gasteiger partial charge in [-0.2, -0.15) is 0 Å². The van der Waals surface area contributed by atoms with Gasteiger partial charge in [-0.15, -0.1) is 0 Å². The summed E-state index contributed by atoms with van der Waals surface area (Å²) in [5.41, 5.74) is 10.6. The van der Waals surface area contributed by atoms with Crippen molar-refractivity contribution in [3.8, 4) is 11.3 Å². The van der Waals surface area contributed by atoms with Crippen molar-refractivity contribution in [2.24, 2.45) is 0 Å². The third-order valence-electron chi connectivity index (χ3n) is 2.29. The summed E-state index contributed by atoms with van der Waals surface area (Å²) >= 11 is 0. The summed E-state index contributed by atoms with van der Waals surface area (Å²) in [4.78, 5) is 8.29. The maximum atomic E-state index is 5.91. The van der Waals surface area contributed by atoms with Crippen molar-refractivity contribution in [3.63, 3.8) is 0 Å². The van der Waals surface area contributed by atoms with Gasteiger partial charge in [-0.25, -0.2) is 9.97 Å². The van der Waals surface area contributed by atoms with E-state index >= 15 is 0 Å². The van der Waals surface area contributed by atoms with Crippen molar-refractivity contribution >= 4 is 5.69 Å². The van der Waals surface area contributed by atoms with E-state index in [-0.39, 0.29) is 0 Å². The molecule has 0 spiro atoms. The van der Waals surface area contributed by atoms with Crippen LogP contribution in [0.2, 0.25) is 0 Å². The molecule has 0 aliphatic heterocycles. The van der Waals surface area contributed by atoms with E-state index in [1.807, 2.05) is 38.1 Å². The van der Waals surface area contributed by atoms with Crippen molar-refractivity contribution in [2.45, 2.75) is 13.8 Å². The number of hydrogen-bond donors (Lipinski definition) is 1. The number of rotatable bonds is 1. The molecule has 1 heterocycles. The number of hydrogen-bond acceptors (Lipinski definition) is 3. The second kappa shape index (κ2) is 3.69. The van der Waals surface area contributed by atoms with Gasteiger partial charge < -0.3 is 5.73 Å². The monoisotopic (exact) mass is 199 g/mol. The van der Waals surface area contributed by atoms with Crippen molar-refractivity contribution in [2.75, 3.05) is 5.73 Å². The minimum atomic E-state index is 0.749. The Morgan fingerprint density at radius 1 is 1.07 bits per heavy atom. The van der Waals surface area contributed by atoms with Gasteiger partial charge in [-0.1, -0.05) is 11.6 Å². The number of nitrogen functional groups attached to an aromatic ring is 1. The fourth-order valence-electron chi connectivity index (χ4n) is 1.49. The van der Waals surface area contributed by atoms with E-state index in [9.17, 15) is 0 Å². The van der Waals surface area contributed by atoms with Crippen molar-refractivity contribution in [1.29, 1.82) is 0 Å². The number of benzene rings is 1. The topological polar surface area (TPSA) is 51.8 Å². The van der Waals surface area contributed by atoms with Gasteiger partial charge >= 0.3 is 0 Å². The van der Waals surface area contributed by atoms with E-state index in [1.165, 1.54) is 5.56 Å². The number of nitrogens with zero attached hydrogens (tertiary/aromatic N) is 2. The maximum absolute atomic E-state index is 5.91. The summed E-state index contributed by atoms with van der Waals surface area (Å²) in [6.07, 6.45) is 1.56. The predicted molar refractivity (Wildman–Crippen MR) is 61.4 cm³/mol. The van der Waals surface area contributed by atoms with Crippen LogP contribution in [0, 0.1) is 13.8 Å². The summed E-state index contributed by atoms with van der Waals surface area (Å²) in [6.45, 7) is 3.98. The molecule has 2 rings (SSSR count). The van der Waals surface area contributed by atoms with Crippen LogP contribution in [0.1, 0.15) is 11.3 Å². The van der Waals surface area contributed by atoms with E-state index in [0.717, 1.165) is 22.6 Å². The smallest absolute Gasteiger partial charge is 0.116 e. The fraction of sp³-hybridized carbons (Fsp3) is 0.167. The first-order valence-corrected chi connectivity index (χ1v) is 4.82. The van der Waals surface area contributed by atoms with Crippen LogP contribution >= 0.6 is 0 Å². The molecule has 15 heavy (non-hydrogen) atoms. The Labute approximate surface area is 89.0 Å². The Morgan fingerprint density at radius 3 is 2.60 bits per heavy atom. The van der Waals surface area contributed by atoms with Gasteiger partial charge in [0.05, 0.1) is 5.69 Å². The number of aromatic nitrogens is 2. The molecule has 1 aromatic carbocycles. The van der Waals surface area contributed by atoms with Crippen LogP contribution < -0.4 is 5.73 Å². The highest BCUT2D eigenvalue weighted by molar-refractivity contribution is 5.74. The predicted octanol–water partition coefficient (Wildman–Crippen LogP) is 2.34. The Morgan fingerprint density at radius 2 is 1.87 bits per heavy atom. The third-order valence-corrected chi connectivity index (χ3v) is 2.29. The number of aryl methyl sites for hydroxylation is 2. The molecule has 2 N–H and O–H groups in total. The van der Waals surface area contributed by atoms with Crippen LogP contribution in [-0.2, 0) is 0 Å². The fourth-order valence-corrected chi connectivity index (χ4v) is 1.49. The van der Waals surface area contributed by atoms with E-state index in [0.29, 0.717) is 0 Å². The second-order valence-corrected chi connectivity index (χ2v) is 3.64. The van der Waals surface area contributed by atoms with Gasteiger partial charge in [0.15, 0.2) is 0 Å². The number of anilines is 1. The molecule has 3 nitrogen and oxygen atoms in total. The molecule has 3 heteroatoms. The summed E-state index contributed by atoms with van der Waals surface area (Å²) in [6, 6.07) is 7.87. The SMILES string of the molecule is Cc1ccc(N)c(-c2cc(C)ncn2)c1. The summed E-state index contributed by atoms with van der Waals surface area (Å²) in [5.74, 6) is 0. The van der Waals surface area contributed by atoms with E-state index in [2.05, 4.69) is 9.97 Å². The lowest BCUT2D eigenvalue weighted by Gasteiger charge is -2.06.